The van der Waals surface area contributed by atoms with Crippen LogP contribution in [-0.4, -0.2) is 92.1 Å². The van der Waals surface area contributed by atoms with E-state index in [1.54, 1.807) is 6.07 Å². The number of nitrogens with one attached hydrogen (secondary N) is 1. The number of aliphatic imine (C=N–C) groups is 1. The molecule has 9 heteroatoms. The number of furan rings is 1. The zero-order valence-electron chi connectivity index (χ0n) is 18.9. The predicted octanol–water partition coefficient (Wildman–Crippen LogP) is 1.82. The fraction of sp³-hybridized carbons (Fsp3) is 0.565. The van der Waals surface area contributed by atoms with Crippen LogP contribution in [0, 0.1) is 12.7 Å². The molecule has 0 radical (unpaired) electrons. The van der Waals surface area contributed by atoms with Crippen molar-refractivity contribution in [2.24, 2.45) is 4.99 Å². The highest BCUT2D eigenvalue weighted by atomic mass is 19.1. The number of carbonyl (C=O) groups is 1. The minimum absolute atomic E-state index is 0.180. The zero-order chi connectivity index (χ0) is 22.5. The van der Waals surface area contributed by atoms with Crippen LogP contribution in [0.15, 0.2) is 27.6 Å². The molecule has 0 bridgehead atoms. The molecule has 1 aromatic carbocycles. The highest BCUT2D eigenvalue weighted by molar-refractivity contribution is 5.83. The van der Waals surface area contributed by atoms with Crippen LogP contribution in [0.3, 0.4) is 0 Å². The van der Waals surface area contributed by atoms with Crippen LogP contribution in [-0.2, 0) is 16.1 Å². The number of ether oxygens (including phenoxy) is 1. The standard InChI is InChI=1S/C23H32FN5O3/c1-3-25-23(26-15-21-17(2)19-14-18(24)4-5-20(19)32-21)29-8-6-27(7-9-29)16-22(30)28-10-12-31-13-11-28/h4-5,14H,3,6-13,15-16H2,1-2H3,(H,25,26). The molecule has 1 amide bonds. The third-order valence-corrected chi connectivity index (χ3v) is 6.10. The molecule has 1 N–H and O–H groups in total. The van der Waals surface area contributed by atoms with E-state index in [2.05, 4.69) is 15.1 Å². The van der Waals surface area contributed by atoms with Crippen LogP contribution in [0.1, 0.15) is 18.2 Å². The van der Waals surface area contributed by atoms with Crippen LogP contribution in [0.4, 0.5) is 4.39 Å². The third-order valence-electron chi connectivity index (χ3n) is 6.10. The van der Waals surface area contributed by atoms with Crippen LogP contribution in [0.5, 0.6) is 0 Å². The highest BCUT2D eigenvalue weighted by Gasteiger charge is 2.24. The monoisotopic (exact) mass is 445 g/mol. The van der Waals surface area contributed by atoms with Gasteiger partial charge >= 0.3 is 0 Å². The van der Waals surface area contributed by atoms with Crippen molar-refractivity contribution in [3.63, 3.8) is 0 Å². The molecule has 0 spiro atoms. The van der Waals surface area contributed by atoms with Gasteiger partial charge in [0.1, 0.15) is 23.7 Å². The van der Waals surface area contributed by atoms with Gasteiger partial charge in [0, 0.05) is 56.8 Å². The van der Waals surface area contributed by atoms with E-state index >= 15 is 0 Å². The molecule has 2 fully saturated rings. The van der Waals surface area contributed by atoms with Crippen molar-refractivity contribution in [1.82, 2.24) is 20.0 Å². The second kappa shape index (κ2) is 10.3. The minimum Gasteiger partial charge on any atom is -0.459 e. The molecule has 2 aliphatic heterocycles. The summed E-state index contributed by atoms with van der Waals surface area (Å²) in [5, 5.41) is 4.15. The summed E-state index contributed by atoms with van der Waals surface area (Å²) in [6.07, 6.45) is 0. The van der Waals surface area contributed by atoms with E-state index in [1.165, 1.54) is 12.1 Å². The number of guanidine groups is 1. The van der Waals surface area contributed by atoms with Crippen molar-refractivity contribution in [2.45, 2.75) is 20.4 Å². The van der Waals surface area contributed by atoms with Gasteiger partial charge in [-0.3, -0.25) is 9.69 Å². The summed E-state index contributed by atoms with van der Waals surface area (Å²) in [5.41, 5.74) is 1.60. The van der Waals surface area contributed by atoms with Crippen LogP contribution in [0.2, 0.25) is 0 Å². The summed E-state index contributed by atoms with van der Waals surface area (Å²) in [4.78, 5) is 23.6. The van der Waals surface area contributed by atoms with Gasteiger partial charge in [-0.2, -0.15) is 0 Å². The Morgan fingerprint density at radius 3 is 2.59 bits per heavy atom. The number of piperazine rings is 1. The van der Waals surface area contributed by atoms with Crippen molar-refractivity contribution in [2.75, 3.05) is 65.6 Å². The predicted molar refractivity (Wildman–Crippen MR) is 121 cm³/mol. The number of halogens is 1. The molecule has 2 aromatic rings. The Balaban J connectivity index is 1.35. The fourth-order valence-corrected chi connectivity index (χ4v) is 4.19. The highest BCUT2D eigenvalue weighted by Crippen LogP contribution is 2.26. The molecule has 0 atom stereocenters. The van der Waals surface area contributed by atoms with E-state index in [0.717, 1.165) is 55.4 Å². The number of hydrogen-bond acceptors (Lipinski definition) is 5. The van der Waals surface area contributed by atoms with E-state index in [-0.39, 0.29) is 11.7 Å². The van der Waals surface area contributed by atoms with Gasteiger partial charge in [-0.25, -0.2) is 9.38 Å². The topological polar surface area (TPSA) is 73.6 Å². The van der Waals surface area contributed by atoms with Gasteiger partial charge in [0.15, 0.2) is 5.96 Å². The number of carbonyl (C=O) groups excluding carboxylic acids is 1. The molecule has 0 aliphatic carbocycles. The lowest BCUT2D eigenvalue weighted by Crippen LogP contribution is -2.54. The molecule has 2 saturated heterocycles. The first-order chi connectivity index (χ1) is 15.5. The summed E-state index contributed by atoms with van der Waals surface area (Å²) in [7, 11) is 0. The Morgan fingerprint density at radius 1 is 1.12 bits per heavy atom. The Bertz CT molecular complexity index is 962. The number of morpholine rings is 1. The van der Waals surface area contributed by atoms with Gasteiger partial charge in [0.25, 0.3) is 0 Å². The molecule has 174 valence electrons. The van der Waals surface area contributed by atoms with Gasteiger partial charge in [-0.05, 0) is 32.0 Å². The first-order valence-electron chi connectivity index (χ1n) is 11.3. The first kappa shape index (κ1) is 22.5. The molecular weight excluding hydrogens is 413 g/mol. The van der Waals surface area contributed by atoms with Crippen LogP contribution >= 0.6 is 0 Å². The Morgan fingerprint density at radius 2 is 1.88 bits per heavy atom. The van der Waals surface area contributed by atoms with Crippen molar-refractivity contribution < 1.29 is 18.3 Å². The third kappa shape index (κ3) is 5.21. The maximum absolute atomic E-state index is 13.6. The molecule has 2 aliphatic rings. The van der Waals surface area contributed by atoms with Gasteiger partial charge in [-0.15, -0.1) is 0 Å². The van der Waals surface area contributed by atoms with Gasteiger partial charge in [0.05, 0.1) is 19.8 Å². The molecule has 0 saturated carbocycles. The number of fused-ring (bicyclic) bond motifs is 1. The average Bonchev–Trinajstić information content (AvgIpc) is 3.12. The largest absolute Gasteiger partial charge is 0.459 e. The number of hydrogen-bond donors (Lipinski definition) is 1. The SMILES string of the molecule is CCNC(=NCc1oc2ccc(F)cc2c1C)N1CCN(CC(=O)N2CCOCC2)CC1. The summed E-state index contributed by atoms with van der Waals surface area (Å²) >= 11 is 0. The van der Waals surface area contributed by atoms with Crippen molar-refractivity contribution in [3.05, 3.63) is 35.3 Å². The Kier molecular flexibility index (Phi) is 7.26. The first-order valence-corrected chi connectivity index (χ1v) is 11.3. The molecule has 0 unspecified atom stereocenters. The van der Waals surface area contributed by atoms with Crippen molar-refractivity contribution >= 4 is 22.8 Å². The lowest BCUT2D eigenvalue weighted by atomic mass is 10.1. The lowest BCUT2D eigenvalue weighted by Gasteiger charge is -2.37. The zero-order valence-corrected chi connectivity index (χ0v) is 18.9. The van der Waals surface area contributed by atoms with Crippen molar-refractivity contribution in [3.8, 4) is 0 Å². The fourth-order valence-electron chi connectivity index (χ4n) is 4.19. The van der Waals surface area contributed by atoms with Gasteiger partial charge < -0.3 is 24.3 Å². The average molecular weight is 446 g/mol. The second-order valence-corrected chi connectivity index (χ2v) is 8.22. The smallest absolute Gasteiger partial charge is 0.236 e. The van der Waals surface area contributed by atoms with Gasteiger partial charge in [0.2, 0.25) is 5.91 Å². The minimum atomic E-state index is -0.269. The van der Waals surface area contributed by atoms with Crippen LogP contribution in [0.25, 0.3) is 11.0 Å². The second-order valence-electron chi connectivity index (χ2n) is 8.22. The number of aryl methyl sites for hydroxylation is 1. The number of nitrogens with zero attached hydrogens (tertiary/aromatic N) is 4. The number of amides is 1. The lowest BCUT2D eigenvalue weighted by molar-refractivity contribution is -0.136. The molecule has 3 heterocycles. The Hall–Kier alpha value is -2.65. The van der Waals surface area contributed by atoms with E-state index in [4.69, 9.17) is 14.1 Å². The number of rotatable bonds is 5. The van der Waals surface area contributed by atoms with E-state index in [0.29, 0.717) is 45.0 Å². The Labute approximate surface area is 188 Å². The van der Waals surface area contributed by atoms with E-state index in [1.807, 2.05) is 18.7 Å². The van der Waals surface area contributed by atoms with Crippen molar-refractivity contribution in [1.29, 1.82) is 0 Å². The molecule has 1 aromatic heterocycles. The van der Waals surface area contributed by atoms with E-state index in [9.17, 15) is 9.18 Å². The van der Waals surface area contributed by atoms with Gasteiger partial charge in [-0.1, -0.05) is 0 Å². The maximum Gasteiger partial charge on any atom is 0.236 e. The normalized spacial score (nSPS) is 18.4. The number of benzene rings is 1. The molecular formula is C23H32FN5O3. The molecule has 4 rings (SSSR count). The summed E-state index contributed by atoms with van der Waals surface area (Å²) in [6, 6.07) is 4.57. The summed E-state index contributed by atoms with van der Waals surface area (Å²) in [5.74, 6) is 1.49. The van der Waals surface area contributed by atoms with Crippen LogP contribution < -0.4 is 5.32 Å². The quantitative estimate of drug-likeness (QED) is 0.559. The molecule has 8 nitrogen and oxygen atoms in total. The van der Waals surface area contributed by atoms with E-state index < -0.39 is 0 Å². The summed E-state index contributed by atoms with van der Waals surface area (Å²) in [6.45, 7) is 11.4. The molecule has 32 heavy (non-hydrogen) atoms. The summed E-state index contributed by atoms with van der Waals surface area (Å²) < 4.78 is 24.8. The maximum atomic E-state index is 13.6.